The first kappa shape index (κ1) is 15.5. The van der Waals surface area contributed by atoms with E-state index in [9.17, 15) is 0 Å². The highest BCUT2D eigenvalue weighted by atomic mass is 35.5. The van der Waals surface area contributed by atoms with Crippen LogP contribution in [0.2, 0.25) is 4.34 Å². The molecule has 0 radical (unpaired) electrons. The lowest BCUT2D eigenvalue weighted by Crippen LogP contribution is -2.16. The van der Waals surface area contributed by atoms with Gasteiger partial charge in [0.1, 0.15) is 0 Å². The SMILES string of the molecule is CC(C)(C)c1cc(-c2ccc(Cl)s2)cc(C(C)(C)C)[o+]1. The fourth-order valence-corrected chi connectivity index (χ4v) is 2.88. The molecule has 108 valence electrons. The van der Waals surface area contributed by atoms with Crippen molar-refractivity contribution in [1.82, 2.24) is 0 Å². The second-order valence-corrected chi connectivity index (χ2v) is 8.89. The third kappa shape index (κ3) is 3.42. The molecule has 0 bridgehead atoms. The summed E-state index contributed by atoms with van der Waals surface area (Å²) in [4.78, 5) is 1.18. The molecule has 0 aliphatic carbocycles. The predicted molar refractivity (Wildman–Crippen MR) is 88.8 cm³/mol. The van der Waals surface area contributed by atoms with Crippen LogP contribution in [0.5, 0.6) is 0 Å². The van der Waals surface area contributed by atoms with Crippen molar-refractivity contribution in [1.29, 1.82) is 0 Å². The molecule has 2 rings (SSSR count). The monoisotopic (exact) mass is 309 g/mol. The second-order valence-electron chi connectivity index (χ2n) is 7.18. The van der Waals surface area contributed by atoms with Gasteiger partial charge in [0.05, 0.1) is 15.2 Å². The van der Waals surface area contributed by atoms with E-state index < -0.39 is 0 Å². The largest absolute Gasteiger partial charge is 0.335 e. The Hall–Kier alpha value is -0.860. The number of thiophene rings is 1. The molecule has 0 amide bonds. The van der Waals surface area contributed by atoms with Gasteiger partial charge in [0.2, 0.25) is 0 Å². The van der Waals surface area contributed by atoms with Crippen LogP contribution in [0.4, 0.5) is 0 Å². The highest BCUT2D eigenvalue weighted by molar-refractivity contribution is 7.19. The third-order valence-electron chi connectivity index (χ3n) is 3.13. The first-order valence-electron chi connectivity index (χ1n) is 6.82. The van der Waals surface area contributed by atoms with Crippen molar-refractivity contribution in [2.45, 2.75) is 52.4 Å². The summed E-state index contributed by atoms with van der Waals surface area (Å²) < 4.78 is 6.96. The summed E-state index contributed by atoms with van der Waals surface area (Å²) in [6.07, 6.45) is 0. The van der Waals surface area contributed by atoms with Gasteiger partial charge in [-0.3, -0.25) is 0 Å². The van der Waals surface area contributed by atoms with Gasteiger partial charge in [-0.2, -0.15) is 0 Å². The summed E-state index contributed by atoms with van der Waals surface area (Å²) in [6.45, 7) is 13.0. The van der Waals surface area contributed by atoms with Crippen molar-refractivity contribution < 1.29 is 4.42 Å². The Morgan fingerprint density at radius 3 is 1.75 bits per heavy atom. The molecule has 1 nitrogen and oxygen atoms in total. The lowest BCUT2D eigenvalue weighted by atomic mass is 9.88. The van der Waals surface area contributed by atoms with Gasteiger partial charge in [0, 0.05) is 22.6 Å². The van der Waals surface area contributed by atoms with Crippen molar-refractivity contribution in [3.8, 4) is 10.4 Å². The van der Waals surface area contributed by atoms with Crippen molar-refractivity contribution in [3.05, 3.63) is 40.1 Å². The van der Waals surface area contributed by atoms with Crippen LogP contribution in [0, 0.1) is 0 Å². The molecule has 2 aromatic rings. The number of halogens is 1. The van der Waals surface area contributed by atoms with E-state index in [0.717, 1.165) is 15.9 Å². The smallest absolute Gasteiger partial charge is 0.217 e. The highest BCUT2D eigenvalue weighted by Crippen LogP contribution is 2.37. The number of rotatable bonds is 1. The molecule has 0 atom stereocenters. The zero-order valence-corrected chi connectivity index (χ0v) is 14.6. The van der Waals surface area contributed by atoms with Crippen LogP contribution >= 0.6 is 22.9 Å². The van der Waals surface area contributed by atoms with Gasteiger partial charge in [-0.1, -0.05) is 11.6 Å². The fraction of sp³-hybridized carbons (Fsp3) is 0.471. The lowest BCUT2D eigenvalue weighted by molar-refractivity contribution is 0.329. The van der Waals surface area contributed by atoms with E-state index >= 15 is 0 Å². The van der Waals surface area contributed by atoms with Crippen LogP contribution in [0.25, 0.3) is 10.4 Å². The van der Waals surface area contributed by atoms with Crippen molar-refractivity contribution in [3.63, 3.8) is 0 Å². The Balaban J connectivity index is 2.63. The maximum atomic E-state index is 6.15. The number of hydrogen-bond acceptors (Lipinski definition) is 1. The number of hydrogen-bond donors (Lipinski definition) is 0. The Kier molecular flexibility index (Phi) is 4.01. The molecule has 0 spiro atoms. The second kappa shape index (κ2) is 5.16. The average molecular weight is 310 g/mol. The normalized spacial score (nSPS) is 12.8. The molecular weight excluding hydrogens is 288 g/mol. The van der Waals surface area contributed by atoms with Crippen LogP contribution in [-0.4, -0.2) is 0 Å². The molecule has 0 aromatic carbocycles. The minimum Gasteiger partial charge on any atom is -0.217 e. The topological polar surface area (TPSA) is 11.3 Å². The first-order valence-corrected chi connectivity index (χ1v) is 8.02. The summed E-state index contributed by atoms with van der Waals surface area (Å²) in [6, 6.07) is 8.29. The predicted octanol–water partition coefficient (Wildman–Crippen LogP) is 6.54. The molecule has 0 saturated heterocycles. The van der Waals surface area contributed by atoms with Crippen LogP contribution < -0.4 is 0 Å². The van der Waals surface area contributed by atoms with Crippen LogP contribution in [0.15, 0.2) is 28.7 Å². The van der Waals surface area contributed by atoms with Gasteiger partial charge in [-0.05, 0) is 53.7 Å². The first-order chi connectivity index (χ1) is 9.07. The van der Waals surface area contributed by atoms with Crippen molar-refractivity contribution >= 4 is 22.9 Å². The van der Waals surface area contributed by atoms with E-state index in [1.54, 1.807) is 11.3 Å². The van der Waals surface area contributed by atoms with Gasteiger partial charge in [-0.25, -0.2) is 4.42 Å². The van der Waals surface area contributed by atoms with Crippen LogP contribution in [-0.2, 0) is 10.8 Å². The fourth-order valence-electron chi connectivity index (χ4n) is 1.85. The zero-order valence-electron chi connectivity index (χ0n) is 13.0. The molecule has 0 aliphatic rings. The molecule has 20 heavy (non-hydrogen) atoms. The summed E-state index contributed by atoms with van der Waals surface area (Å²) >= 11 is 7.67. The molecular formula is C17H22ClOS+. The standard InChI is InChI=1S/C17H22ClOS/c1-16(2,3)13-9-11(12-7-8-15(18)20-12)10-14(19-13)17(4,5)6/h7-10H,1-6H3/q+1. The van der Waals surface area contributed by atoms with Crippen LogP contribution in [0.3, 0.4) is 0 Å². The van der Waals surface area contributed by atoms with Gasteiger partial charge in [0.15, 0.2) is 0 Å². The third-order valence-corrected chi connectivity index (χ3v) is 4.41. The summed E-state index contributed by atoms with van der Waals surface area (Å²) in [5.41, 5.74) is 1.15. The molecule has 0 unspecified atom stereocenters. The Bertz CT molecular complexity index is 582. The van der Waals surface area contributed by atoms with Crippen molar-refractivity contribution in [2.75, 3.05) is 0 Å². The van der Waals surface area contributed by atoms with Crippen LogP contribution in [0.1, 0.15) is 53.1 Å². The quantitative estimate of drug-likeness (QED) is 0.544. The van der Waals surface area contributed by atoms with E-state index in [1.807, 2.05) is 6.07 Å². The summed E-state index contributed by atoms with van der Waals surface area (Å²) in [7, 11) is 0. The maximum absolute atomic E-state index is 6.15. The molecule has 0 fully saturated rings. The Labute approximate surface area is 130 Å². The highest BCUT2D eigenvalue weighted by Gasteiger charge is 2.34. The van der Waals surface area contributed by atoms with E-state index in [2.05, 4.69) is 59.7 Å². The molecule has 2 aromatic heterocycles. The Morgan fingerprint density at radius 2 is 1.40 bits per heavy atom. The summed E-state index contributed by atoms with van der Waals surface area (Å²) in [5.74, 6) is 2.01. The van der Waals surface area contributed by atoms with E-state index in [-0.39, 0.29) is 10.8 Å². The molecule has 2 heterocycles. The lowest BCUT2D eigenvalue weighted by Gasteiger charge is -2.14. The minimum atomic E-state index is -0.0168. The summed E-state index contributed by atoms with van der Waals surface area (Å²) in [5, 5.41) is 0. The van der Waals surface area contributed by atoms with Gasteiger partial charge < -0.3 is 0 Å². The van der Waals surface area contributed by atoms with Gasteiger partial charge in [-0.15, -0.1) is 11.3 Å². The van der Waals surface area contributed by atoms with E-state index in [1.165, 1.54) is 10.4 Å². The van der Waals surface area contributed by atoms with Gasteiger partial charge >= 0.3 is 11.5 Å². The Morgan fingerprint density at radius 1 is 0.900 bits per heavy atom. The molecule has 3 heteroatoms. The van der Waals surface area contributed by atoms with E-state index in [0.29, 0.717) is 0 Å². The molecule has 0 aliphatic heterocycles. The average Bonchev–Trinajstić information content (AvgIpc) is 2.73. The zero-order chi connectivity index (χ0) is 15.1. The minimum absolute atomic E-state index is 0.0168. The molecule has 0 N–H and O–H groups in total. The van der Waals surface area contributed by atoms with Crippen molar-refractivity contribution in [2.24, 2.45) is 0 Å². The van der Waals surface area contributed by atoms with E-state index in [4.69, 9.17) is 16.0 Å². The maximum Gasteiger partial charge on any atom is 0.335 e. The molecule has 0 saturated carbocycles. The van der Waals surface area contributed by atoms with Gasteiger partial charge in [0.25, 0.3) is 0 Å².